The molecule has 0 spiro atoms. The van der Waals surface area contributed by atoms with Gasteiger partial charge in [-0.1, -0.05) is 38.2 Å². The van der Waals surface area contributed by atoms with Crippen LogP contribution in [-0.4, -0.2) is 19.0 Å². The van der Waals surface area contributed by atoms with Crippen molar-refractivity contribution in [1.29, 1.82) is 0 Å². The molecule has 0 N–H and O–H groups in total. The molecule has 19 heavy (non-hydrogen) atoms. The fraction of sp³-hybridized carbons (Fsp3) is 0.824. The van der Waals surface area contributed by atoms with E-state index in [0.29, 0.717) is 5.92 Å². The van der Waals surface area contributed by atoms with Gasteiger partial charge in [0.1, 0.15) is 6.10 Å². The summed E-state index contributed by atoms with van der Waals surface area (Å²) in [6.07, 6.45) is 15.2. The summed E-state index contributed by atoms with van der Waals surface area (Å²) in [5.74, 6) is 0.744. The fourth-order valence-corrected chi connectivity index (χ4v) is 3.55. The van der Waals surface area contributed by atoms with Crippen LogP contribution >= 0.6 is 0 Å². The van der Waals surface area contributed by atoms with E-state index in [0.717, 1.165) is 31.3 Å². The Balaban J connectivity index is 2.01. The number of carbonyl (C=O) groups is 1. The van der Waals surface area contributed by atoms with E-state index in [2.05, 4.69) is 6.08 Å². The first-order valence-electron chi connectivity index (χ1n) is 8.09. The maximum absolute atomic E-state index is 12.7. The number of carbonyl (C=O) groups excluding carboxylic acids is 1. The summed E-state index contributed by atoms with van der Waals surface area (Å²) in [5, 5.41) is 0. The molecule has 1 unspecified atom stereocenters. The second-order valence-electron chi connectivity index (χ2n) is 6.10. The first-order valence-corrected chi connectivity index (χ1v) is 8.09. The van der Waals surface area contributed by atoms with Gasteiger partial charge in [-0.15, -0.1) is 0 Å². The molecule has 0 aromatic rings. The topological polar surface area (TPSA) is 26.3 Å². The molecule has 2 aliphatic carbocycles. The maximum atomic E-state index is 12.7. The van der Waals surface area contributed by atoms with Gasteiger partial charge in [0, 0.05) is 7.11 Å². The van der Waals surface area contributed by atoms with E-state index in [-0.39, 0.29) is 11.9 Å². The number of methoxy groups -OCH3 is 1. The lowest BCUT2D eigenvalue weighted by Gasteiger charge is -2.29. The zero-order chi connectivity index (χ0) is 13.5. The molecule has 0 aliphatic heterocycles. The van der Waals surface area contributed by atoms with Gasteiger partial charge < -0.3 is 4.74 Å². The second-order valence-corrected chi connectivity index (χ2v) is 6.10. The van der Waals surface area contributed by atoms with E-state index in [9.17, 15) is 4.79 Å². The largest absolute Gasteiger partial charge is 0.373 e. The van der Waals surface area contributed by atoms with Crippen molar-refractivity contribution in [2.45, 2.75) is 76.7 Å². The first-order chi connectivity index (χ1) is 9.33. The van der Waals surface area contributed by atoms with Gasteiger partial charge in [0.15, 0.2) is 5.78 Å². The van der Waals surface area contributed by atoms with Gasteiger partial charge in [-0.05, 0) is 50.0 Å². The smallest absolute Gasteiger partial charge is 0.187 e. The SMILES string of the molecule is COC(C(=O)C1=CCCCCCC1)C1CCCCC1. The average Bonchev–Trinajstić information content (AvgIpc) is 2.40. The highest BCUT2D eigenvalue weighted by Gasteiger charge is 2.30. The van der Waals surface area contributed by atoms with Crippen molar-refractivity contribution in [2.24, 2.45) is 5.92 Å². The fourth-order valence-electron chi connectivity index (χ4n) is 3.55. The van der Waals surface area contributed by atoms with E-state index < -0.39 is 0 Å². The van der Waals surface area contributed by atoms with Crippen LogP contribution in [0.2, 0.25) is 0 Å². The summed E-state index contributed by atoms with van der Waals surface area (Å²) in [6.45, 7) is 0. The van der Waals surface area contributed by atoms with Crippen LogP contribution in [0.1, 0.15) is 70.6 Å². The third-order valence-corrected chi connectivity index (χ3v) is 4.70. The molecule has 0 bridgehead atoms. The van der Waals surface area contributed by atoms with Crippen LogP contribution in [0.5, 0.6) is 0 Å². The monoisotopic (exact) mass is 264 g/mol. The van der Waals surface area contributed by atoms with Crippen molar-refractivity contribution in [2.75, 3.05) is 7.11 Å². The number of ether oxygens (including phenoxy) is 1. The summed E-state index contributed by atoms with van der Waals surface area (Å²) in [6, 6.07) is 0. The normalized spacial score (nSPS) is 24.2. The van der Waals surface area contributed by atoms with Gasteiger partial charge in [0.2, 0.25) is 0 Å². The van der Waals surface area contributed by atoms with Gasteiger partial charge in [-0.25, -0.2) is 0 Å². The molecule has 108 valence electrons. The quantitative estimate of drug-likeness (QED) is 0.750. The van der Waals surface area contributed by atoms with Crippen LogP contribution < -0.4 is 0 Å². The van der Waals surface area contributed by atoms with E-state index in [1.165, 1.54) is 44.9 Å². The molecule has 1 fully saturated rings. The van der Waals surface area contributed by atoms with Crippen LogP contribution in [0, 0.1) is 5.92 Å². The summed E-state index contributed by atoms with van der Waals surface area (Å²) in [5.41, 5.74) is 1.05. The highest BCUT2D eigenvalue weighted by Crippen LogP contribution is 2.30. The van der Waals surface area contributed by atoms with E-state index >= 15 is 0 Å². The van der Waals surface area contributed by atoms with Gasteiger partial charge in [0.25, 0.3) is 0 Å². The Morgan fingerprint density at radius 3 is 2.53 bits per heavy atom. The van der Waals surface area contributed by atoms with Crippen molar-refractivity contribution in [1.82, 2.24) is 0 Å². The molecule has 2 rings (SSSR count). The lowest BCUT2D eigenvalue weighted by atomic mass is 9.81. The second kappa shape index (κ2) is 7.84. The van der Waals surface area contributed by atoms with Crippen LogP contribution in [-0.2, 0) is 9.53 Å². The van der Waals surface area contributed by atoms with E-state index in [1.807, 2.05) is 0 Å². The van der Waals surface area contributed by atoms with Crippen LogP contribution in [0.25, 0.3) is 0 Å². The van der Waals surface area contributed by atoms with Crippen LogP contribution in [0.3, 0.4) is 0 Å². The Kier molecular flexibility index (Phi) is 6.09. The zero-order valence-electron chi connectivity index (χ0n) is 12.3. The third kappa shape index (κ3) is 4.17. The molecule has 2 heteroatoms. The molecule has 1 saturated carbocycles. The number of ketones is 1. The number of allylic oxidation sites excluding steroid dienone is 1. The predicted molar refractivity (Wildman–Crippen MR) is 78.2 cm³/mol. The molecule has 0 aromatic heterocycles. The summed E-state index contributed by atoms with van der Waals surface area (Å²) in [7, 11) is 1.71. The molecule has 1 atom stereocenters. The molecule has 2 aliphatic rings. The van der Waals surface area contributed by atoms with E-state index in [4.69, 9.17) is 4.74 Å². The molecule has 0 heterocycles. The zero-order valence-corrected chi connectivity index (χ0v) is 12.3. The molecule has 0 aromatic carbocycles. The lowest BCUT2D eigenvalue weighted by Crippen LogP contribution is -2.34. The highest BCUT2D eigenvalue weighted by molar-refractivity contribution is 5.99. The first kappa shape index (κ1) is 14.8. The number of Topliss-reactive ketones (excluding diaryl/α,β-unsaturated/α-hetero) is 1. The van der Waals surface area contributed by atoms with Crippen LogP contribution in [0.15, 0.2) is 11.6 Å². The van der Waals surface area contributed by atoms with Crippen molar-refractivity contribution < 1.29 is 9.53 Å². The molecular weight excluding hydrogens is 236 g/mol. The van der Waals surface area contributed by atoms with Crippen molar-refractivity contribution >= 4 is 5.78 Å². The minimum atomic E-state index is -0.175. The standard InChI is InChI=1S/C17H28O2/c1-19-17(15-12-8-5-9-13-15)16(18)14-10-6-3-2-4-7-11-14/h10,15,17H,2-9,11-13H2,1H3. The minimum absolute atomic E-state index is 0.175. The van der Waals surface area contributed by atoms with Gasteiger partial charge in [0.05, 0.1) is 0 Å². The highest BCUT2D eigenvalue weighted by atomic mass is 16.5. The van der Waals surface area contributed by atoms with Crippen molar-refractivity contribution in [3.05, 3.63) is 11.6 Å². The Labute approximate surface area is 117 Å². The molecule has 0 saturated heterocycles. The number of hydrogen-bond donors (Lipinski definition) is 0. The Hall–Kier alpha value is -0.630. The maximum Gasteiger partial charge on any atom is 0.187 e. The lowest BCUT2D eigenvalue weighted by molar-refractivity contribution is -0.129. The molecular formula is C17H28O2. The van der Waals surface area contributed by atoms with Crippen LogP contribution in [0.4, 0.5) is 0 Å². The third-order valence-electron chi connectivity index (χ3n) is 4.70. The molecule has 2 nitrogen and oxygen atoms in total. The Morgan fingerprint density at radius 1 is 1.11 bits per heavy atom. The average molecular weight is 264 g/mol. The van der Waals surface area contributed by atoms with Crippen molar-refractivity contribution in [3.8, 4) is 0 Å². The predicted octanol–water partition coefficient (Wildman–Crippen LogP) is 4.43. The Morgan fingerprint density at radius 2 is 1.79 bits per heavy atom. The van der Waals surface area contributed by atoms with Gasteiger partial charge in [-0.2, -0.15) is 0 Å². The summed E-state index contributed by atoms with van der Waals surface area (Å²) in [4.78, 5) is 12.7. The molecule has 0 radical (unpaired) electrons. The number of rotatable bonds is 4. The Bertz CT molecular complexity index is 313. The minimum Gasteiger partial charge on any atom is -0.373 e. The summed E-state index contributed by atoms with van der Waals surface area (Å²) >= 11 is 0. The van der Waals surface area contributed by atoms with E-state index in [1.54, 1.807) is 7.11 Å². The van der Waals surface area contributed by atoms with Gasteiger partial charge in [-0.3, -0.25) is 4.79 Å². The number of hydrogen-bond acceptors (Lipinski definition) is 2. The van der Waals surface area contributed by atoms with Gasteiger partial charge >= 0.3 is 0 Å². The summed E-state index contributed by atoms with van der Waals surface area (Å²) < 4.78 is 5.59. The van der Waals surface area contributed by atoms with Crippen molar-refractivity contribution in [3.63, 3.8) is 0 Å². The molecule has 0 amide bonds.